The zero-order chi connectivity index (χ0) is 23.1. The predicted molar refractivity (Wildman–Crippen MR) is 119 cm³/mol. The lowest BCUT2D eigenvalue weighted by Gasteiger charge is -2.12. The fourth-order valence-electron chi connectivity index (χ4n) is 2.92. The van der Waals surface area contributed by atoms with Crippen LogP contribution in [0.15, 0.2) is 46.0 Å². The van der Waals surface area contributed by atoms with Crippen LogP contribution in [0.5, 0.6) is 11.5 Å². The van der Waals surface area contributed by atoms with E-state index in [1.54, 1.807) is 37.4 Å². The Morgan fingerprint density at radius 2 is 2.00 bits per heavy atom. The van der Waals surface area contributed by atoms with Crippen molar-refractivity contribution in [1.82, 2.24) is 4.98 Å². The number of carbonyl (C=O) groups excluding carboxylic acids is 1. The molecule has 0 bridgehead atoms. The van der Waals surface area contributed by atoms with E-state index in [1.807, 2.05) is 6.07 Å². The van der Waals surface area contributed by atoms with Gasteiger partial charge in [0, 0.05) is 18.2 Å². The third kappa shape index (κ3) is 4.77. The summed E-state index contributed by atoms with van der Waals surface area (Å²) in [6.07, 6.45) is 1.58. The standard InChI is InChI=1S/C22H19N5O4S/c1-29-13-5-6-16(18(10-13)30-2)26-19(28)7-9-32-22-15(12-24)20(17-4-3-8-31-17)14(11-23)21(25)27-22/h3-6,8,10H,7,9H2,1-2H3,(H2,25,27)(H,26,28). The first kappa shape index (κ1) is 22.5. The minimum atomic E-state index is -0.243. The van der Waals surface area contributed by atoms with E-state index in [2.05, 4.69) is 16.4 Å². The Morgan fingerprint density at radius 1 is 1.22 bits per heavy atom. The van der Waals surface area contributed by atoms with Gasteiger partial charge in [-0.3, -0.25) is 4.79 Å². The van der Waals surface area contributed by atoms with Crippen LogP contribution >= 0.6 is 11.8 Å². The number of carbonyl (C=O) groups is 1. The molecule has 32 heavy (non-hydrogen) atoms. The van der Waals surface area contributed by atoms with Gasteiger partial charge in [0.25, 0.3) is 0 Å². The van der Waals surface area contributed by atoms with E-state index in [1.165, 1.54) is 25.1 Å². The molecular weight excluding hydrogens is 430 g/mol. The molecule has 0 spiro atoms. The first-order valence-corrected chi connectivity index (χ1v) is 10.3. The first-order valence-electron chi connectivity index (χ1n) is 9.34. The lowest BCUT2D eigenvalue weighted by Crippen LogP contribution is -2.13. The van der Waals surface area contributed by atoms with Crippen molar-refractivity contribution in [3.05, 3.63) is 47.7 Å². The van der Waals surface area contributed by atoms with Gasteiger partial charge in [-0.05, 0) is 24.3 Å². The molecule has 2 aromatic heterocycles. The summed E-state index contributed by atoms with van der Waals surface area (Å²) < 4.78 is 15.8. The highest BCUT2D eigenvalue weighted by Gasteiger charge is 2.22. The fraction of sp³-hybridized carbons (Fsp3) is 0.182. The van der Waals surface area contributed by atoms with Crippen molar-refractivity contribution in [3.63, 3.8) is 0 Å². The molecule has 0 aliphatic heterocycles. The number of rotatable bonds is 8. The minimum absolute atomic E-state index is 0.00665. The molecule has 9 nitrogen and oxygen atoms in total. The molecule has 0 aliphatic carbocycles. The van der Waals surface area contributed by atoms with Crippen molar-refractivity contribution < 1.29 is 18.7 Å². The molecule has 1 aromatic carbocycles. The highest BCUT2D eigenvalue weighted by Crippen LogP contribution is 2.36. The number of ether oxygens (including phenoxy) is 2. The van der Waals surface area contributed by atoms with Gasteiger partial charge in [-0.1, -0.05) is 0 Å². The van der Waals surface area contributed by atoms with E-state index in [0.29, 0.717) is 39.3 Å². The molecule has 2 heterocycles. The molecule has 10 heteroatoms. The summed E-state index contributed by atoms with van der Waals surface area (Å²) in [6, 6.07) is 12.4. The molecule has 1 amide bonds. The highest BCUT2D eigenvalue weighted by atomic mass is 32.2. The summed E-state index contributed by atoms with van der Waals surface area (Å²) in [5.41, 5.74) is 7.01. The number of pyridine rings is 1. The average Bonchev–Trinajstić information content (AvgIpc) is 3.33. The van der Waals surface area contributed by atoms with Gasteiger partial charge in [0.1, 0.15) is 45.8 Å². The molecule has 0 radical (unpaired) electrons. The third-order valence-corrected chi connectivity index (χ3v) is 5.41. The zero-order valence-electron chi connectivity index (χ0n) is 17.3. The van der Waals surface area contributed by atoms with Crippen molar-refractivity contribution in [2.45, 2.75) is 11.4 Å². The largest absolute Gasteiger partial charge is 0.497 e. The normalized spacial score (nSPS) is 10.1. The lowest BCUT2D eigenvalue weighted by atomic mass is 10.0. The number of nitriles is 2. The van der Waals surface area contributed by atoms with Crippen molar-refractivity contribution in [2.24, 2.45) is 0 Å². The first-order chi connectivity index (χ1) is 15.5. The molecule has 162 valence electrons. The summed E-state index contributed by atoms with van der Waals surface area (Å²) in [6.45, 7) is 0. The Hall–Kier alpha value is -4.15. The Labute approximate surface area is 188 Å². The molecule has 3 rings (SSSR count). The molecular formula is C22H19N5O4S. The number of nitrogen functional groups attached to an aromatic ring is 1. The van der Waals surface area contributed by atoms with Crippen LogP contribution in [-0.2, 0) is 4.79 Å². The van der Waals surface area contributed by atoms with Crippen LogP contribution in [0.3, 0.4) is 0 Å². The number of benzene rings is 1. The molecule has 0 saturated carbocycles. The second kappa shape index (κ2) is 10.2. The van der Waals surface area contributed by atoms with Crippen LogP contribution < -0.4 is 20.5 Å². The number of nitrogens with one attached hydrogen (secondary N) is 1. The summed E-state index contributed by atoms with van der Waals surface area (Å²) in [7, 11) is 3.04. The molecule has 0 fully saturated rings. The van der Waals surface area contributed by atoms with Gasteiger partial charge in [-0.2, -0.15) is 10.5 Å². The van der Waals surface area contributed by atoms with E-state index >= 15 is 0 Å². The van der Waals surface area contributed by atoms with E-state index in [4.69, 9.17) is 19.6 Å². The number of anilines is 2. The van der Waals surface area contributed by atoms with Gasteiger partial charge < -0.3 is 24.9 Å². The van der Waals surface area contributed by atoms with Crippen molar-refractivity contribution >= 4 is 29.2 Å². The van der Waals surface area contributed by atoms with Gasteiger partial charge in [0.05, 0.1) is 37.3 Å². The van der Waals surface area contributed by atoms with Gasteiger partial charge in [0.15, 0.2) is 0 Å². The van der Waals surface area contributed by atoms with E-state index in [-0.39, 0.29) is 29.3 Å². The lowest BCUT2D eigenvalue weighted by molar-refractivity contribution is -0.115. The minimum Gasteiger partial charge on any atom is -0.497 e. The van der Waals surface area contributed by atoms with Gasteiger partial charge >= 0.3 is 0 Å². The van der Waals surface area contributed by atoms with Crippen LogP contribution in [0.4, 0.5) is 11.5 Å². The molecule has 0 aliphatic rings. The topological polar surface area (TPSA) is 147 Å². The number of aromatic nitrogens is 1. The van der Waals surface area contributed by atoms with E-state index < -0.39 is 0 Å². The van der Waals surface area contributed by atoms with Gasteiger partial charge in [0.2, 0.25) is 5.91 Å². The summed E-state index contributed by atoms with van der Waals surface area (Å²) in [5.74, 6) is 1.51. The number of hydrogen-bond donors (Lipinski definition) is 2. The van der Waals surface area contributed by atoms with Crippen molar-refractivity contribution in [1.29, 1.82) is 10.5 Å². The van der Waals surface area contributed by atoms with Crippen LogP contribution in [0.25, 0.3) is 11.3 Å². The zero-order valence-corrected chi connectivity index (χ0v) is 18.2. The highest BCUT2D eigenvalue weighted by molar-refractivity contribution is 7.99. The number of thioether (sulfide) groups is 1. The Bertz CT molecular complexity index is 1210. The Balaban J connectivity index is 1.75. The third-order valence-electron chi connectivity index (χ3n) is 4.43. The number of nitrogens with zero attached hydrogens (tertiary/aromatic N) is 3. The quantitative estimate of drug-likeness (QED) is 0.490. The predicted octanol–water partition coefficient (Wildman–Crippen LogP) is 3.81. The van der Waals surface area contributed by atoms with E-state index in [9.17, 15) is 15.3 Å². The molecule has 3 aromatic rings. The molecule has 0 unspecified atom stereocenters. The molecule has 3 N–H and O–H groups in total. The smallest absolute Gasteiger partial charge is 0.225 e. The molecule has 0 atom stereocenters. The monoisotopic (exact) mass is 449 g/mol. The summed E-state index contributed by atoms with van der Waals surface area (Å²) in [4.78, 5) is 16.6. The average molecular weight is 449 g/mol. The summed E-state index contributed by atoms with van der Waals surface area (Å²) in [5, 5.41) is 22.3. The van der Waals surface area contributed by atoms with Gasteiger partial charge in [-0.25, -0.2) is 4.98 Å². The second-order valence-corrected chi connectivity index (χ2v) is 7.42. The Morgan fingerprint density at radius 3 is 2.62 bits per heavy atom. The van der Waals surface area contributed by atoms with Crippen molar-refractivity contribution in [3.8, 4) is 35.0 Å². The number of methoxy groups -OCH3 is 2. The summed E-state index contributed by atoms with van der Waals surface area (Å²) >= 11 is 1.19. The van der Waals surface area contributed by atoms with Crippen LogP contribution in [0.2, 0.25) is 0 Å². The number of hydrogen-bond acceptors (Lipinski definition) is 9. The second-order valence-electron chi connectivity index (χ2n) is 6.34. The number of amides is 1. The number of nitrogens with two attached hydrogens (primary N) is 1. The number of furan rings is 1. The maximum Gasteiger partial charge on any atom is 0.225 e. The maximum atomic E-state index is 12.4. The Kier molecular flexibility index (Phi) is 7.21. The van der Waals surface area contributed by atoms with Crippen LogP contribution in [0.1, 0.15) is 17.5 Å². The molecule has 0 saturated heterocycles. The van der Waals surface area contributed by atoms with Crippen LogP contribution in [0, 0.1) is 22.7 Å². The van der Waals surface area contributed by atoms with Gasteiger partial charge in [-0.15, -0.1) is 11.8 Å². The van der Waals surface area contributed by atoms with Crippen molar-refractivity contribution in [2.75, 3.05) is 31.0 Å². The SMILES string of the molecule is COc1ccc(NC(=O)CCSc2nc(N)c(C#N)c(-c3ccco3)c2C#N)c(OC)c1. The van der Waals surface area contributed by atoms with Crippen LogP contribution in [-0.4, -0.2) is 30.9 Å². The van der Waals surface area contributed by atoms with E-state index in [0.717, 1.165) is 0 Å². The fourth-order valence-corrected chi connectivity index (χ4v) is 3.86. The maximum absolute atomic E-state index is 12.4.